The summed E-state index contributed by atoms with van der Waals surface area (Å²) in [7, 11) is 0. The van der Waals surface area contributed by atoms with Gasteiger partial charge in [-0.05, 0) is 30.0 Å². The highest BCUT2D eigenvalue weighted by Gasteiger charge is 2.26. The van der Waals surface area contributed by atoms with Crippen LogP contribution in [0.2, 0.25) is 0 Å². The minimum atomic E-state index is -0.745. The molecule has 2 heteroatoms. The standard InChI is InChI=1S/C15H25NO/c1-5-15(17,11-16-6-2)14-9-7-13(8-10-14)12(3)4/h7-10,12,16-17H,5-6,11H2,1-4H3. The molecule has 0 fully saturated rings. The second-order valence-electron chi connectivity index (χ2n) is 4.94. The Hall–Kier alpha value is -0.860. The van der Waals surface area contributed by atoms with Gasteiger partial charge in [0.1, 0.15) is 5.60 Å². The van der Waals surface area contributed by atoms with Crippen molar-refractivity contribution in [3.63, 3.8) is 0 Å². The Labute approximate surface area is 105 Å². The summed E-state index contributed by atoms with van der Waals surface area (Å²) in [5.74, 6) is 0.535. The molecular formula is C15H25NO. The van der Waals surface area contributed by atoms with Crippen LogP contribution < -0.4 is 5.32 Å². The highest BCUT2D eigenvalue weighted by atomic mass is 16.3. The van der Waals surface area contributed by atoms with E-state index < -0.39 is 5.60 Å². The molecule has 0 bridgehead atoms. The lowest BCUT2D eigenvalue weighted by Gasteiger charge is -2.28. The van der Waals surface area contributed by atoms with Crippen LogP contribution in [-0.2, 0) is 5.60 Å². The molecule has 1 aromatic rings. The minimum absolute atomic E-state index is 0.535. The molecule has 1 unspecified atom stereocenters. The maximum absolute atomic E-state index is 10.6. The zero-order valence-electron chi connectivity index (χ0n) is 11.5. The van der Waals surface area contributed by atoms with Crippen molar-refractivity contribution >= 4 is 0 Å². The first-order valence-electron chi connectivity index (χ1n) is 6.57. The molecule has 1 aromatic carbocycles. The Bertz CT molecular complexity index is 331. The first-order chi connectivity index (χ1) is 8.03. The molecule has 0 radical (unpaired) electrons. The number of benzene rings is 1. The van der Waals surface area contributed by atoms with Crippen LogP contribution in [0.1, 0.15) is 51.2 Å². The number of hydrogen-bond acceptors (Lipinski definition) is 2. The Morgan fingerprint density at radius 2 is 1.76 bits per heavy atom. The van der Waals surface area contributed by atoms with Crippen molar-refractivity contribution < 1.29 is 5.11 Å². The summed E-state index contributed by atoms with van der Waals surface area (Å²) in [6.07, 6.45) is 0.723. The number of likely N-dealkylation sites (N-methyl/N-ethyl adjacent to an activating group) is 1. The summed E-state index contributed by atoms with van der Waals surface area (Å²) in [4.78, 5) is 0. The number of rotatable bonds is 6. The normalized spacial score (nSPS) is 14.9. The van der Waals surface area contributed by atoms with Crippen LogP contribution in [0.25, 0.3) is 0 Å². The predicted octanol–water partition coefficient (Wildman–Crippen LogP) is 3.02. The monoisotopic (exact) mass is 235 g/mol. The highest BCUT2D eigenvalue weighted by molar-refractivity contribution is 5.29. The van der Waals surface area contributed by atoms with E-state index in [1.807, 2.05) is 6.92 Å². The van der Waals surface area contributed by atoms with Gasteiger partial charge in [-0.25, -0.2) is 0 Å². The topological polar surface area (TPSA) is 32.3 Å². The van der Waals surface area contributed by atoms with Gasteiger partial charge in [0.05, 0.1) is 0 Å². The molecule has 0 aliphatic rings. The van der Waals surface area contributed by atoms with E-state index in [9.17, 15) is 5.11 Å². The van der Waals surface area contributed by atoms with E-state index in [0.717, 1.165) is 18.5 Å². The molecule has 2 nitrogen and oxygen atoms in total. The second-order valence-corrected chi connectivity index (χ2v) is 4.94. The van der Waals surface area contributed by atoms with Crippen LogP contribution >= 0.6 is 0 Å². The molecule has 0 aliphatic carbocycles. The Morgan fingerprint density at radius 3 is 2.18 bits per heavy atom. The third-order valence-corrected chi connectivity index (χ3v) is 3.37. The highest BCUT2D eigenvalue weighted by Crippen LogP contribution is 2.26. The maximum Gasteiger partial charge on any atom is 0.102 e. The summed E-state index contributed by atoms with van der Waals surface area (Å²) in [6, 6.07) is 8.34. The number of nitrogens with one attached hydrogen (secondary N) is 1. The molecule has 0 saturated carbocycles. The maximum atomic E-state index is 10.6. The van der Waals surface area contributed by atoms with Gasteiger partial charge >= 0.3 is 0 Å². The van der Waals surface area contributed by atoms with Gasteiger partial charge in [0, 0.05) is 6.54 Å². The molecule has 0 aliphatic heterocycles. The van der Waals surface area contributed by atoms with Crippen LogP contribution in [0, 0.1) is 0 Å². The fraction of sp³-hybridized carbons (Fsp3) is 0.600. The lowest BCUT2D eigenvalue weighted by atomic mass is 9.89. The van der Waals surface area contributed by atoms with E-state index in [2.05, 4.69) is 50.4 Å². The summed E-state index contributed by atoms with van der Waals surface area (Å²) < 4.78 is 0. The Balaban J connectivity index is 2.88. The average Bonchev–Trinajstić information content (AvgIpc) is 2.36. The van der Waals surface area contributed by atoms with Crippen LogP contribution in [-0.4, -0.2) is 18.2 Å². The fourth-order valence-electron chi connectivity index (χ4n) is 1.94. The van der Waals surface area contributed by atoms with Gasteiger partial charge in [0.15, 0.2) is 0 Å². The molecule has 17 heavy (non-hydrogen) atoms. The van der Waals surface area contributed by atoms with Crippen LogP contribution in [0.15, 0.2) is 24.3 Å². The zero-order valence-corrected chi connectivity index (χ0v) is 11.5. The SMILES string of the molecule is CCNCC(O)(CC)c1ccc(C(C)C)cc1. The summed E-state index contributed by atoms with van der Waals surface area (Å²) >= 11 is 0. The van der Waals surface area contributed by atoms with Gasteiger partial charge < -0.3 is 10.4 Å². The lowest BCUT2D eigenvalue weighted by Crippen LogP contribution is -2.37. The fourth-order valence-corrected chi connectivity index (χ4v) is 1.94. The molecule has 0 amide bonds. The molecule has 0 saturated heterocycles. The molecule has 96 valence electrons. The average molecular weight is 235 g/mol. The van der Waals surface area contributed by atoms with Gasteiger partial charge in [-0.1, -0.05) is 52.0 Å². The smallest absolute Gasteiger partial charge is 0.102 e. The van der Waals surface area contributed by atoms with E-state index >= 15 is 0 Å². The predicted molar refractivity (Wildman–Crippen MR) is 73.3 cm³/mol. The summed E-state index contributed by atoms with van der Waals surface area (Å²) in [6.45, 7) is 9.93. The van der Waals surface area contributed by atoms with Crippen LogP contribution in [0.4, 0.5) is 0 Å². The molecular weight excluding hydrogens is 210 g/mol. The first kappa shape index (κ1) is 14.2. The summed E-state index contributed by atoms with van der Waals surface area (Å²) in [5.41, 5.74) is 1.58. The Morgan fingerprint density at radius 1 is 1.18 bits per heavy atom. The molecule has 0 heterocycles. The van der Waals surface area contributed by atoms with E-state index in [1.54, 1.807) is 0 Å². The van der Waals surface area contributed by atoms with E-state index in [4.69, 9.17) is 0 Å². The third-order valence-electron chi connectivity index (χ3n) is 3.37. The quantitative estimate of drug-likeness (QED) is 0.794. The minimum Gasteiger partial charge on any atom is -0.384 e. The molecule has 0 spiro atoms. The van der Waals surface area contributed by atoms with Crippen LogP contribution in [0.3, 0.4) is 0 Å². The zero-order chi connectivity index (χ0) is 12.9. The molecule has 0 aromatic heterocycles. The van der Waals surface area contributed by atoms with Gasteiger partial charge in [0.2, 0.25) is 0 Å². The largest absolute Gasteiger partial charge is 0.384 e. The van der Waals surface area contributed by atoms with Gasteiger partial charge in [0.25, 0.3) is 0 Å². The molecule has 2 N–H and O–H groups in total. The first-order valence-corrected chi connectivity index (χ1v) is 6.57. The van der Waals surface area contributed by atoms with Gasteiger partial charge in [-0.2, -0.15) is 0 Å². The second kappa shape index (κ2) is 6.18. The van der Waals surface area contributed by atoms with Crippen molar-refractivity contribution in [3.8, 4) is 0 Å². The molecule has 1 rings (SSSR count). The van der Waals surface area contributed by atoms with E-state index in [0.29, 0.717) is 12.5 Å². The van der Waals surface area contributed by atoms with Gasteiger partial charge in [-0.15, -0.1) is 0 Å². The van der Waals surface area contributed by atoms with Crippen molar-refractivity contribution in [3.05, 3.63) is 35.4 Å². The Kier molecular flexibility index (Phi) is 5.16. The van der Waals surface area contributed by atoms with Crippen molar-refractivity contribution in [2.75, 3.05) is 13.1 Å². The van der Waals surface area contributed by atoms with Crippen molar-refractivity contribution in [2.45, 2.75) is 45.6 Å². The van der Waals surface area contributed by atoms with E-state index in [-0.39, 0.29) is 0 Å². The van der Waals surface area contributed by atoms with Crippen LogP contribution in [0.5, 0.6) is 0 Å². The third kappa shape index (κ3) is 3.55. The lowest BCUT2D eigenvalue weighted by molar-refractivity contribution is 0.0332. The molecule has 1 atom stereocenters. The number of aliphatic hydroxyl groups is 1. The van der Waals surface area contributed by atoms with Crippen molar-refractivity contribution in [2.24, 2.45) is 0 Å². The van der Waals surface area contributed by atoms with E-state index in [1.165, 1.54) is 5.56 Å². The van der Waals surface area contributed by atoms with Crippen molar-refractivity contribution in [1.29, 1.82) is 0 Å². The van der Waals surface area contributed by atoms with Gasteiger partial charge in [-0.3, -0.25) is 0 Å². The summed E-state index contributed by atoms with van der Waals surface area (Å²) in [5, 5.41) is 13.8. The van der Waals surface area contributed by atoms with Crippen molar-refractivity contribution in [1.82, 2.24) is 5.32 Å². The number of hydrogen-bond donors (Lipinski definition) is 2.